The number of hydrogen-bond acceptors (Lipinski definition) is 3. The second-order valence-electron chi connectivity index (χ2n) is 7.26. The fourth-order valence-electron chi connectivity index (χ4n) is 4.20. The van der Waals surface area contributed by atoms with Crippen LogP contribution < -0.4 is 4.90 Å². The molecule has 0 saturated carbocycles. The first kappa shape index (κ1) is 18.4. The zero-order valence-electron chi connectivity index (χ0n) is 16.7. The normalized spacial score (nSPS) is 11.1. The lowest BCUT2D eigenvalue weighted by molar-refractivity contribution is 1.28. The molecule has 0 heterocycles. The number of nitriles is 2. The van der Waals surface area contributed by atoms with E-state index in [-0.39, 0.29) is 5.57 Å². The summed E-state index contributed by atoms with van der Waals surface area (Å²) < 4.78 is 0. The minimum Gasteiger partial charge on any atom is -0.310 e. The average Bonchev–Trinajstić information content (AvgIpc) is 3.16. The van der Waals surface area contributed by atoms with Crippen molar-refractivity contribution in [2.24, 2.45) is 0 Å². The zero-order chi connectivity index (χ0) is 21.2. The largest absolute Gasteiger partial charge is 0.310 e. The van der Waals surface area contributed by atoms with Gasteiger partial charge in [0.2, 0.25) is 0 Å². The van der Waals surface area contributed by atoms with Crippen molar-refractivity contribution in [3.8, 4) is 23.3 Å². The smallest absolute Gasteiger partial charge is 0.138 e. The highest BCUT2D eigenvalue weighted by Crippen LogP contribution is 2.48. The topological polar surface area (TPSA) is 50.8 Å². The molecule has 0 aromatic heterocycles. The van der Waals surface area contributed by atoms with Crippen LogP contribution in [0.25, 0.3) is 16.7 Å². The molecule has 4 aromatic rings. The number of benzene rings is 4. The molecular formula is C28H17N3. The Balaban J connectivity index is 1.76. The van der Waals surface area contributed by atoms with Gasteiger partial charge in [-0.15, -0.1) is 0 Å². The molecule has 3 heteroatoms. The quantitative estimate of drug-likeness (QED) is 0.309. The lowest BCUT2D eigenvalue weighted by atomic mass is 9.98. The van der Waals surface area contributed by atoms with E-state index in [1.165, 1.54) is 0 Å². The van der Waals surface area contributed by atoms with Crippen LogP contribution in [0.15, 0.2) is 109 Å². The van der Waals surface area contributed by atoms with Gasteiger partial charge in [-0.2, -0.15) is 10.5 Å². The molecule has 0 N–H and O–H groups in total. The first-order chi connectivity index (χ1) is 15.3. The Morgan fingerprint density at radius 3 is 1.61 bits per heavy atom. The summed E-state index contributed by atoms with van der Waals surface area (Å²) in [5.74, 6) is 0. The van der Waals surface area contributed by atoms with E-state index in [2.05, 4.69) is 59.5 Å². The molecule has 0 atom stereocenters. The molecule has 0 amide bonds. The first-order valence-corrected chi connectivity index (χ1v) is 10.0. The summed E-state index contributed by atoms with van der Waals surface area (Å²) in [6.45, 7) is 0. The Morgan fingerprint density at radius 2 is 1.03 bits per heavy atom. The van der Waals surface area contributed by atoms with Crippen LogP contribution >= 0.6 is 0 Å². The summed E-state index contributed by atoms with van der Waals surface area (Å²) in [6.07, 6.45) is 0. The minimum absolute atomic E-state index is 0.134. The summed E-state index contributed by atoms with van der Waals surface area (Å²) in [4.78, 5) is 2.18. The second kappa shape index (κ2) is 7.67. The molecule has 31 heavy (non-hydrogen) atoms. The van der Waals surface area contributed by atoms with Crippen LogP contribution in [0.2, 0.25) is 0 Å². The molecule has 3 nitrogen and oxygen atoms in total. The zero-order valence-corrected chi connectivity index (χ0v) is 16.7. The standard InChI is InChI=1S/C28H17N3/c29-18-20(19-30)28-26-14-8-7-13-24(26)25-16-15-23(17-27(25)28)31(21-9-3-1-4-10-21)22-11-5-2-6-12-22/h1-17H. The van der Waals surface area contributed by atoms with E-state index in [0.717, 1.165) is 39.3 Å². The number of hydrogen-bond donors (Lipinski definition) is 0. The van der Waals surface area contributed by atoms with Crippen molar-refractivity contribution in [1.82, 2.24) is 0 Å². The first-order valence-electron chi connectivity index (χ1n) is 10.0. The van der Waals surface area contributed by atoms with Crippen molar-refractivity contribution in [2.75, 3.05) is 4.90 Å². The molecule has 0 radical (unpaired) electrons. The highest BCUT2D eigenvalue weighted by molar-refractivity contribution is 6.05. The van der Waals surface area contributed by atoms with Gasteiger partial charge in [0.15, 0.2) is 0 Å². The average molecular weight is 395 g/mol. The molecule has 0 unspecified atom stereocenters. The number of allylic oxidation sites excluding steroid dienone is 1. The Kier molecular flexibility index (Phi) is 4.56. The highest BCUT2D eigenvalue weighted by atomic mass is 15.1. The Bertz CT molecular complexity index is 1330. The van der Waals surface area contributed by atoms with Gasteiger partial charge in [-0.1, -0.05) is 66.7 Å². The third-order valence-corrected chi connectivity index (χ3v) is 5.52. The maximum atomic E-state index is 9.63. The van der Waals surface area contributed by atoms with Gasteiger partial charge in [0, 0.05) is 22.6 Å². The van der Waals surface area contributed by atoms with Crippen LogP contribution in [0.5, 0.6) is 0 Å². The van der Waals surface area contributed by atoms with Gasteiger partial charge < -0.3 is 4.90 Å². The van der Waals surface area contributed by atoms with E-state index in [1.807, 2.05) is 60.7 Å². The molecular weight excluding hydrogens is 378 g/mol. The summed E-state index contributed by atoms with van der Waals surface area (Å²) in [5.41, 5.74) is 7.81. The van der Waals surface area contributed by atoms with E-state index in [0.29, 0.717) is 5.57 Å². The predicted octanol–water partition coefficient (Wildman–Crippen LogP) is 6.99. The van der Waals surface area contributed by atoms with Gasteiger partial charge in [0.05, 0.1) is 0 Å². The van der Waals surface area contributed by atoms with Crippen LogP contribution in [0.1, 0.15) is 11.1 Å². The van der Waals surface area contributed by atoms with Crippen molar-refractivity contribution in [3.05, 3.63) is 120 Å². The summed E-state index contributed by atoms with van der Waals surface area (Å²) in [6, 6.07) is 38.7. The third-order valence-electron chi connectivity index (χ3n) is 5.52. The van der Waals surface area contributed by atoms with Crippen molar-refractivity contribution in [3.63, 3.8) is 0 Å². The van der Waals surface area contributed by atoms with E-state index in [1.54, 1.807) is 0 Å². The molecule has 4 aromatic carbocycles. The number of anilines is 3. The Labute approximate surface area is 181 Å². The van der Waals surface area contributed by atoms with E-state index < -0.39 is 0 Å². The SMILES string of the molecule is N#CC(C#N)=C1c2ccccc2-c2ccc(N(c3ccccc3)c3ccccc3)cc21. The summed E-state index contributed by atoms with van der Waals surface area (Å²) in [7, 11) is 0. The lowest BCUT2D eigenvalue weighted by Crippen LogP contribution is -2.10. The molecule has 1 aliphatic carbocycles. The maximum absolute atomic E-state index is 9.63. The number of fused-ring (bicyclic) bond motifs is 3. The minimum atomic E-state index is 0.134. The number of para-hydroxylation sites is 2. The van der Waals surface area contributed by atoms with E-state index in [9.17, 15) is 10.5 Å². The second-order valence-corrected chi connectivity index (χ2v) is 7.26. The van der Waals surface area contributed by atoms with Crippen LogP contribution in [0.3, 0.4) is 0 Å². The number of nitrogens with zero attached hydrogens (tertiary/aromatic N) is 3. The fourth-order valence-corrected chi connectivity index (χ4v) is 4.20. The molecule has 0 spiro atoms. The summed E-state index contributed by atoms with van der Waals surface area (Å²) >= 11 is 0. The van der Waals surface area contributed by atoms with Gasteiger partial charge in [-0.05, 0) is 58.7 Å². The molecule has 0 saturated heterocycles. The molecule has 5 rings (SSSR count). The molecule has 0 aliphatic heterocycles. The third kappa shape index (κ3) is 3.06. The van der Waals surface area contributed by atoms with E-state index in [4.69, 9.17) is 0 Å². The molecule has 1 aliphatic rings. The van der Waals surface area contributed by atoms with Gasteiger partial charge in [0.25, 0.3) is 0 Å². The Morgan fingerprint density at radius 1 is 0.516 bits per heavy atom. The fraction of sp³-hybridized carbons (Fsp3) is 0. The van der Waals surface area contributed by atoms with Crippen molar-refractivity contribution in [2.45, 2.75) is 0 Å². The van der Waals surface area contributed by atoms with Crippen molar-refractivity contribution >= 4 is 22.6 Å². The molecule has 0 fully saturated rings. The maximum Gasteiger partial charge on any atom is 0.138 e. The van der Waals surface area contributed by atoms with Crippen LogP contribution in [0.4, 0.5) is 17.1 Å². The number of rotatable bonds is 3. The molecule has 0 bridgehead atoms. The van der Waals surface area contributed by atoms with Crippen LogP contribution in [-0.4, -0.2) is 0 Å². The van der Waals surface area contributed by atoms with Gasteiger partial charge in [-0.25, -0.2) is 0 Å². The molecule has 144 valence electrons. The Hall–Kier alpha value is -4.60. The highest BCUT2D eigenvalue weighted by Gasteiger charge is 2.27. The van der Waals surface area contributed by atoms with Crippen molar-refractivity contribution < 1.29 is 0 Å². The van der Waals surface area contributed by atoms with Crippen LogP contribution in [0, 0.1) is 22.7 Å². The summed E-state index contributed by atoms with van der Waals surface area (Å²) in [5, 5.41) is 19.3. The van der Waals surface area contributed by atoms with Crippen molar-refractivity contribution in [1.29, 1.82) is 10.5 Å². The van der Waals surface area contributed by atoms with Gasteiger partial charge >= 0.3 is 0 Å². The van der Waals surface area contributed by atoms with E-state index >= 15 is 0 Å². The van der Waals surface area contributed by atoms with Gasteiger partial charge in [0.1, 0.15) is 17.7 Å². The van der Waals surface area contributed by atoms with Crippen LogP contribution in [-0.2, 0) is 0 Å². The predicted molar refractivity (Wildman–Crippen MR) is 124 cm³/mol. The monoisotopic (exact) mass is 395 g/mol. The lowest BCUT2D eigenvalue weighted by Gasteiger charge is -2.26. The van der Waals surface area contributed by atoms with Gasteiger partial charge in [-0.3, -0.25) is 0 Å².